The zero-order chi connectivity index (χ0) is 12.4. The molecule has 0 spiro atoms. The molecule has 2 N–H and O–H groups in total. The Hall–Kier alpha value is -1.07. The van der Waals surface area contributed by atoms with Crippen molar-refractivity contribution in [1.82, 2.24) is 9.97 Å². The highest BCUT2D eigenvalue weighted by Crippen LogP contribution is 2.34. The number of hydrogen-bond donors (Lipinski definition) is 1. The highest BCUT2D eigenvalue weighted by atomic mass is 35.5. The molecule has 6 heteroatoms. The van der Waals surface area contributed by atoms with Gasteiger partial charge in [0.05, 0.1) is 18.0 Å². The van der Waals surface area contributed by atoms with Gasteiger partial charge in [-0.05, 0) is 31.4 Å². The average molecular weight is 257 g/mol. The molecule has 1 aromatic heterocycles. The zero-order valence-electron chi connectivity index (χ0n) is 10.1. The number of anilines is 2. The molecule has 1 aliphatic rings. The summed E-state index contributed by atoms with van der Waals surface area (Å²) in [5, 5.41) is 0.245. The summed E-state index contributed by atoms with van der Waals surface area (Å²) < 4.78 is 5.11. The molecule has 1 aromatic rings. The van der Waals surface area contributed by atoms with E-state index in [0.29, 0.717) is 18.3 Å². The summed E-state index contributed by atoms with van der Waals surface area (Å²) in [5.41, 5.74) is 7.36. The number of nitrogen functional groups attached to an aromatic ring is 1. The highest BCUT2D eigenvalue weighted by molar-refractivity contribution is 6.28. The smallest absolute Gasteiger partial charge is 0.224 e. The van der Waals surface area contributed by atoms with Crippen LogP contribution in [0.2, 0.25) is 5.28 Å². The number of hydrogen-bond acceptors (Lipinski definition) is 5. The van der Waals surface area contributed by atoms with Gasteiger partial charge in [0.1, 0.15) is 0 Å². The molecule has 0 aromatic carbocycles. The number of rotatable bonds is 5. The van der Waals surface area contributed by atoms with Crippen molar-refractivity contribution in [2.45, 2.75) is 25.8 Å². The predicted molar refractivity (Wildman–Crippen MR) is 68.4 cm³/mol. The topological polar surface area (TPSA) is 64.3 Å². The number of halogens is 1. The summed E-state index contributed by atoms with van der Waals surface area (Å²) in [7, 11) is 1.69. The Morgan fingerprint density at radius 1 is 1.47 bits per heavy atom. The first-order chi connectivity index (χ1) is 8.13. The first-order valence-corrected chi connectivity index (χ1v) is 6.06. The van der Waals surface area contributed by atoms with Gasteiger partial charge in [-0.15, -0.1) is 0 Å². The van der Waals surface area contributed by atoms with E-state index < -0.39 is 0 Å². The van der Waals surface area contributed by atoms with E-state index in [1.54, 1.807) is 7.11 Å². The third-order valence-corrected chi connectivity index (χ3v) is 3.05. The van der Waals surface area contributed by atoms with Gasteiger partial charge >= 0.3 is 0 Å². The minimum absolute atomic E-state index is 0.245. The second-order valence-corrected chi connectivity index (χ2v) is 4.57. The highest BCUT2D eigenvalue weighted by Gasteiger charge is 2.31. The van der Waals surface area contributed by atoms with E-state index >= 15 is 0 Å². The van der Waals surface area contributed by atoms with Crippen molar-refractivity contribution < 1.29 is 4.74 Å². The molecule has 1 aliphatic carbocycles. The van der Waals surface area contributed by atoms with E-state index in [2.05, 4.69) is 14.9 Å². The third-order valence-electron chi connectivity index (χ3n) is 2.88. The van der Waals surface area contributed by atoms with Gasteiger partial charge in [0.2, 0.25) is 5.28 Å². The largest absolute Gasteiger partial charge is 0.394 e. The fraction of sp³-hybridized carbons (Fsp3) is 0.636. The molecule has 2 rings (SSSR count). The summed E-state index contributed by atoms with van der Waals surface area (Å²) in [6.45, 7) is 3.27. The van der Waals surface area contributed by atoms with Crippen molar-refractivity contribution in [3.8, 4) is 0 Å². The lowest BCUT2D eigenvalue weighted by molar-refractivity contribution is 0.205. The maximum Gasteiger partial charge on any atom is 0.224 e. The van der Waals surface area contributed by atoms with Crippen LogP contribution in [-0.2, 0) is 4.74 Å². The van der Waals surface area contributed by atoms with Crippen LogP contribution in [0.5, 0.6) is 0 Å². The number of nitrogens with two attached hydrogens (primary N) is 1. The second kappa shape index (κ2) is 5.06. The molecule has 0 aliphatic heterocycles. The van der Waals surface area contributed by atoms with Crippen molar-refractivity contribution >= 4 is 23.1 Å². The van der Waals surface area contributed by atoms with Gasteiger partial charge in [0.25, 0.3) is 0 Å². The number of methoxy groups -OCH3 is 1. The molecule has 1 heterocycles. The molecule has 0 bridgehead atoms. The van der Waals surface area contributed by atoms with Crippen molar-refractivity contribution in [3.63, 3.8) is 0 Å². The van der Waals surface area contributed by atoms with Gasteiger partial charge in [0, 0.05) is 19.7 Å². The number of ether oxygens (including phenoxy) is 1. The molecule has 1 saturated carbocycles. The van der Waals surface area contributed by atoms with E-state index in [0.717, 1.165) is 18.1 Å². The van der Waals surface area contributed by atoms with E-state index in [4.69, 9.17) is 22.1 Å². The molecule has 0 unspecified atom stereocenters. The summed E-state index contributed by atoms with van der Waals surface area (Å²) in [6.07, 6.45) is 2.34. The minimum Gasteiger partial charge on any atom is -0.394 e. The van der Waals surface area contributed by atoms with Gasteiger partial charge in [-0.25, -0.2) is 4.98 Å². The molecular weight excluding hydrogens is 240 g/mol. The molecule has 0 atom stereocenters. The summed E-state index contributed by atoms with van der Waals surface area (Å²) in [4.78, 5) is 10.5. The minimum atomic E-state index is 0.245. The van der Waals surface area contributed by atoms with Gasteiger partial charge in [0.15, 0.2) is 5.82 Å². The SMILES string of the molecule is COCCN(c1nc(Cl)nc(C)c1N)C1CC1. The number of aromatic nitrogens is 2. The average Bonchev–Trinajstić information content (AvgIpc) is 3.09. The van der Waals surface area contributed by atoms with Crippen molar-refractivity contribution in [3.05, 3.63) is 11.0 Å². The maximum atomic E-state index is 6.02. The van der Waals surface area contributed by atoms with Crippen LogP contribution < -0.4 is 10.6 Å². The normalized spacial score (nSPS) is 15.0. The quantitative estimate of drug-likeness (QED) is 0.812. The van der Waals surface area contributed by atoms with Crippen LogP contribution in [0.3, 0.4) is 0 Å². The third kappa shape index (κ3) is 2.79. The Kier molecular flexibility index (Phi) is 3.69. The van der Waals surface area contributed by atoms with E-state index in [1.807, 2.05) is 6.92 Å². The Bertz CT molecular complexity index is 409. The van der Waals surface area contributed by atoms with Crippen molar-refractivity contribution in [1.29, 1.82) is 0 Å². The fourth-order valence-electron chi connectivity index (χ4n) is 1.79. The maximum absolute atomic E-state index is 6.02. The molecular formula is C11H17ClN4O. The zero-order valence-corrected chi connectivity index (χ0v) is 10.9. The summed E-state index contributed by atoms with van der Waals surface area (Å²) in [5.74, 6) is 0.738. The Morgan fingerprint density at radius 2 is 2.18 bits per heavy atom. The molecule has 5 nitrogen and oxygen atoms in total. The van der Waals surface area contributed by atoms with Crippen LogP contribution >= 0.6 is 11.6 Å². The van der Waals surface area contributed by atoms with Crippen LogP contribution in [0.1, 0.15) is 18.5 Å². The van der Waals surface area contributed by atoms with Gasteiger partial charge in [-0.2, -0.15) is 4.98 Å². The first-order valence-electron chi connectivity index (χ1n) is 5.68. The standard InChI is InChI=1S/C11H17ClN4O/c1-7-9(13)10(15-11(12)14-7)16(5-6-17-2)8-3-4-8/h8H,3-6,13H2,1-2H3. The number of aryl methyl sites for hydroxylation is 1. The molecule has 94 valence electrons. The van der Waals surface area contributed by atoms with Crippen molar-refractivity contribution in [2.75, 3.05) is 30.9 Å². The van der Waals surface area contributed by atoms with Crippen molar-refractivity contribution in [2.24, 2.45) is 0 Å². The lowest BCUT2D eigenvalue weighted by Gasteiger charge is -2.24. The van der Waals surface area contributed by atoms with Crippen LogP contribution in [0, 0.1) is 6.92 Å². The Balaban J connectivity index is 2.28. The van der Waals surface area contributed by atoms with Gasteiger partial charge < -0.3 is 15.4 Å². The van der Waals surface area contributed by atoms with Gasteiger partial charge in [-0.3, -0.25) is 0 Å². The van der Waals surface area contributed by atoms with Crippen LogP contribution in [-0.4, -0.2) is 36.3 Å². The second-order valence-electron chi connectivity index (χ2n) is 4.23. The van der Waals surface area contributed by atoms with E-state index in [9.17, 15) is 0 Å². The van der Waals surface area contributed by atoms with Gasteiger partial charge in [-0.1, -0.05) is 0 Å². The Labute approximate surface area is 106 Å². The molecule has 0 amide bonds. The van der Waals surface area contributed by atoms with E-state index in [-0.39, 0.29) is 5.28 Å². The molecule has 0 saturated heterocycles. The lowest BCUT2D eigenvalue weighted by Crippen LogP contribution is -2.31. The summed E-state index contributed by atoms with van der Waals surface area (Å²) >= 11 is 5.89. The van der Waals surface area contributed by atoms with Crippen LogP contribution in [0.4, 0.5) is 11.5 Å². The molecule has 17 heavy (non-hydrogen) atoms. The van der Waals surface area contributed by atoms with Crippen LogP contribution in [0.15, 0.2) is 0 Å². The Morgan fingerprint density at radius 3 is 2.76 bits per heavy atom. The fourth-order valence-corrected chi connectivity index (χ4v) is 2.00. The predicted octanol–water partition coefficient (Wildman–Crippen LogP) is 1.64. The summed E-state index contributed by atoms with van der Waals surface area (Å²) in [6, 6.07) is 0.512. The van der Waals surface area contributed by atoms with Crippen LogP contribution in [0.25, 0.3) is 0 Å². The molecule has 1 fully saturated rings. The molecule has 0 radical (unpaired) electrons. The lowest BCUT2D eigenvalue weighted by atomic mass is 10.3. The van der Waals surface area contributed by atoms with E-state index in [1.165, 1.54) is 12.8 Å². The first kappa shape index (κ1) is 12.4. The monoisotopic (exact) mass is 256 g/mol. The number of nitrogens with zero attached hydrogens (tertiary/aromatic N) is 3.